The molecule has 0 aromatic heterocycles. The molecule has 1 saturated heterocycles. The van der Waals surface area contributed by atoms with Crippen molar-refractivity contribution < 1.29 is 9.47 Å². The number of nitrogens with zero attached hydrogens (tertiary/aromatic N) is 1. The standard InChI is InChI=1S/C16H21NO2/c1-4-16-7-5-8-17(16)9-6-12-10-14(18-2)15(19-3)11-13(12)16/h4,10-11H,1,5-9H2,2-3H3/t16-/m1/s1. The smallest absolute Gasteiger partial charge is 0.161 e. The highest BCUT2D eigenvalue weighted by atomic mass is 16.5. The molecule has 1 aromatic rings. The minimum absolute atomic E-state index is 0.00708. The molecular weight excluding hydrogens is 238 g/mol. The Morgan fingerprint density at radius 3 is 2.63 bits per heavy atom. The predicted molar refractivity (Wildman–Crippen MR) is 75.9 cm³/mol. The van der Waals surface area contributed by atoms with Crippen LogP contribution in [0.5, 0.6) is 11.5 Å². The number of hydrogen-bond acceptors (Lipinski definition) is 3. The normalized spacial score (nSPS) is 25.6. The molecule has 3 rings (SSSR count). The zero-order valence-corrected chi connectivity index (χ0v) is 11.7. The lowest BCUT2D eigenvalue weighted by Crippen LogP contribution is -2.44. The molecule has 3 heteroatoms. The van der Waals surface area contributed by atoms with Gasteiger partial charge in [0.05, 0.1) is 19.8 Å². The summed E-state index contributed by atoms with van der Waals surface area (Å²) in [5.41, 5.74) is 2.73. The maximum atomic E-state index is 5.46. The second-order valence-electron chi connectivity index (χ2n) is 5.33. The summed E-state index contributed by atoms with van der Waals surface area (Å²) in [7, 11) is 3.39. The molecule has 1 atom stereocenters. The molecule has 3 nitrogen and oxygen atoms in total. The minimum Gasteiger partial charge on any atom is -0.493 e. The van der Waals surface area contributed by atoms with Gasteiger partial charge in [0.2, 0.25) is 0 Å². The van der Waals surface area contributed by atoms with E-state index in [1.54, 1.807) is 14.2 Å². The van der Waals surface area contributed by atoms with Gasteiger partial charge in [-0.15, -0.1) is 6.58 Å². The van der Waals surface area contributed by atoms with Gasteiger partial charge in [-0.1, -0.05) is 6.08 Å². The van der Waals surface area contributed by atoms with E-state index in [0.717, 1.165) is 30.9 Å². The summed E-state index contributed by atoms with van der Waals surface area (Å²) in [5.74, 6) is 1.64. The van der Waals surface area contributed by atoms with Crippen LogP contribution in [0.3, 0.4) is 0 Å². The van der Waals surface area contributed by atoms with E-state index >= 15 is 0 Å². The van der Waals surface area contributed by atoms with Crippen molar-refractivity contribution in [3.8, 4) is 11.5 Å². The van der Waals surface area contributed by atoms with Crippen LogP contribution >= 0.6 is 0 Å². The Hall–Kier alpha value is -1.48. The summed E-state index contributed by atoms with van der Waals surface area (Å²) >= 11 is 0. The monoisotopic (exact) mass is 259 g/mol. The van der Waals surface area contributed by atoms with Crippen LogP contribution in [0.15, 0.2) is 24.8 Å². The van der Waals surface area contributed by atoms with E-state index in [-0.39, 0.29) is 5.54 Å². The highest BCUT2D eigenvalue weighted by molar-refractivity contribution is 5.52. The van der Waals surface area contributed by atoms with Gasteiger partial charge >= 0.3 is 0 Å². The third-order valence-electron chi connectivity index (χ3n) is 4.61. The summed E-state index contributed by atoms with van der Waals surface area (Å²) in [4.78, 5) is 2.55. The van der Waals surface area contributed by atoms with Crippen LogP contribution in [-0.2, 0) is 12.0 Å². The highest BCUT2D eigenvalue weighted by Crippen LogP contribution is 2.47. The van der Waals surface area contributed by atoms with Crippen molar-refractivity contribution in [2.45, 2.75) is 24.8 Å². The Bertz CT molecular complexity index is 512. The van der Waals surface area contributed by atoms with Gasteiger partial charge in [0.15, 0.2) is 11.5 Å². The lowest BCUT2D eigenvalue weighted by atomic mass is 9.80. The first-order chi connectivity index (χ1) is 9.25. The average Bonchev–Trinajstić information content (AvgIpc) is 2.90. The first-order valence-corrected chi connectivity index (χ1v) is 6.89. The molecule has 0 saturated carbocycles. The minimum atomic E-state index is 0.00708. The van der Waals surface area contributed by atoms with E-state index in [1.165, 1.54) is 24.1 Å². The van der Waals surface area contributed by atoms with Crippen LogP contribution < -0.4 is 9.47 Å². The molecule has 2 heterocycles. The molecule has 0 amide bonds. The SMILES string of the molecule is C=C[C@]12CCCN1CCc1cc(OC)c(OC)cc12. The summed E-state index contributed by atoms with van der Waals surface area (Å²) in [5, 5.41) is 0. The molecule has 19 heavy (non-hydrogen) atoms. The van der Waals surface area contributed by atoms with Crippen molar-refractivity contribution in [3.05, 3.63) is 35.9 Å². The molecular formula is C16H21NO2. The van der Waals surface area contributed by atoms with E-state index in [9.17, 15) is 0 Å². The second-order valence-corrected chi connectivity index (χ2v) is 5.33. The molecule has 0 radical (unpaired) electrons. The van der Waals surface area contributed by atoms with E-state index in [0.29, 0.717) is 0 Å². The second kappa shape index (κ2) is 4.57. The van der Waals surface area contributed by atoms with Gasteiger partial charge in [-0.25, -0.2) is 0 Å². The van der Waals surface area contributed by atoms with Crippen molar-refractivity contribution >= 4 is 0 Å². The third kappa shape index (κ3) is 1.68. The van der Waals surface area contributed by atoms with Gasteiger partial charge in [-0.3, -0.25) is 4.90 Å². The van der Waals surface area contributed by atoms with Crippen LogP contribution in [0.2, 0.25) is 0 Å². The van der Waals surface area contributed by atoms with E-state index in [2.05, 4.69) is 29.7 Å². The van der Waals surface area contributed by atoms with Gasteiger partial charge in [-0.05, 0) is 49.1 Å². The topological polar surface area (TPSA) is 21.7 Å². The quantitative estimate of drug-likeness (QED) is 0.779. The van der Waals surface area contributed by atoms with Crippen molar-refractivity contribution in [2.24, 2.45) is 0 Å². The Morgan fingerprint density at radius 2 is 1.95 bits per heavy atom. The fraction of sp³-hybridized carbons (Fsp3) is 0.500. The Balaban J connectivity index is 2.17. The molecule has 2 aliphatic heterocycles. The van der Waals surface area contributed by atoms with Crippen molar-refractivity contribution in [2.75, 3.05) is 27.3 Å². The van der Waals surface area contributed by atoms with Crippen LogP contribution in [0.4, 0.5) is 0 Å². The maximum Gasteiger partial charge on any atom is 0.161 e. The van der Waals surface area contributed by atoms with Crippen LogP contribution in [0.1, 0.15) is 24.0 Å². The molecule has 2 aliphatic rings. The zero-order chi connectivity index (χ0) is 13.5. The molecule has 0 aliphatic carbocycles. The Morgan fingerprint density at radius 1 is 1.21 bits per heavy atom. The molecule has 1 fully saturated rings. The van der Waals surface area contributed by atoms with E-state index < -0.39 is 0 Å². The maximum absolute atomic E-state index is 5.46. The van der Waals surface area contributed by atoms with Crippen molar-refractivity contribution in [1.29, 1.82) is 0 Å². The lowest BCUT2D eigenvalue weighted by Gasteiger charge is -2.42. The van der Waals surface area contributed by atoms with Gasteiger partial charge in [0.1, 0.15) is 0 Å². The zero-order valence-electron chi connectivity index (χ0n) is 11.7. The van der Waals surface area contributed by atoms with E-state index in [1.807, 2.05) is 0 Å². The molecule has 0 N–H and O–H groups in total. The number of rotatable bonds is 3. The number of ether oxygens (including phenoxy) is 2. The Labute approximate surface area is 114 Å². The summed E-state index contributed by atoms with van der Waals surface area (Å²) in [6.45, 7) is 6.37. The van der Waals surface area contributed by atoms with E-state index in [4.69, 9.17) is 9.47 Å². The lowest BCUT2D eigenvalue weighted by molar-refractivity contribution is 0.171. The number of hydrogen-bond donors (Lipinski definition) is 0. The number of methoxy groups -OCH3 is 2. The predicted octanol–water partition coefficient (Wildman–Crippen LogP) is 2.74. The van der Waals surface area contributed by atoms with Gasteiger partial charge in [0, 0.05) is 6.54 Å². The average molecular weight is 259 g/mol. The summed E-state index contributed by atoms with van der Waals surface area (Å²) in [6.07, 6.45) is 5.58. The third-order valence-corrected chi connectivity index (χ3v) is 4.61. The van der Waals surface area contributed by atoms with Crippen LogP contribution in [0.25, 0.3) is 0 Å². The van der Waals surface area contributed by atoms with Crippen molar-refractivity contribution in [3.63, 3.8) is 0 Å². The summed E-state index contributed by atoms with van der Waals surface area (Å²) in [6, 6.07) is 4.28. The number of fused-ring (bicyclic) bond motifs is 3. The Kier molecular flexibility index (Phi) is 3.02. The summed E-state index contributed by atoms with van der Waals surface area (Å²) < 4.78 is 10.9. The first kappa shape index (κ1) is 12.5. The molecule has 1 aromatic carbocycles. The molecule has 102 valence electrons. The number of benzene rings is 1. The molecule has 0 spiro atoms. The van der Waals surface area contributed by atoms with Crippen LogP contribution in [0, 0.1) is 0 Å². The largest absolute Gasteiger partial charge is 0.493 e. The fourth-order valence-electron chi connectivity index (χ4n) is 3.64. The van der Waals surface area contributed by atoms with Gasteiger partial charge < -0.3 is 9.47 Å². The fourth-order valence-corrected chi connectivity index (χ4v) is 3.64. The molecule has 0 bridgehead atoms. The van der Waals surface area contributed by atoms with Crippen LogP contribution in [-0.4, -0.2) is 32.2 Å². The van der Waals surface area contributed by atoms with Gasteiger partial charge in [0.25, 0.3) is 0 Å². The molecule has 0 unspecified atom stereocenters. The first-order valence-electron chi connectivity index (χ1n) is 6.89. The van der Waals surface area contributed by atoms with Crippen molar-refractivity contribution in [1.82, 2.24) is 4.90 Å². The highest BCUT2D eigenvalue weighted by Gasteiger charge is 2.43. The van der Waals surface area contributed by atoms with Gasteiger partial charge in [-0.2, -0.15) is 0 Å².